The topological polar surface area (TPSA) is 39.1 Å². The molecule has 0 spiro atoms. The molecule has 2 rings (SSSR count). The van der Waals surface area contributed by atoms with Gasteiger partial charge in [-0.05, 0) is 26.7 Å². The highest BCUT2D eigenvalue weighted by atomic mass is 16.5. The van der Waals surface area contributed by atoms with Gasteiger partial charge in [-0.15, -0.1) is 0 Å². The van der Waals surface area contributed by atoms with Gasteiger partial charge in [0.2, 0.25) is 0 Å². The van der Waals surface area contributed by atoms with Crippen LogP contribution in [0, 0.1) is 0 Å². The van der Waals surface area contributed by atoms with Gasteiger partial charge in [0.25, 0.3) is 0 Å². The van der Waals surface area contributed by atoms with E-state index in [0.29, 0.717) is 0 Å². The normalized spacial score (nSPS) is 16.9. The van der Waals surface area contributed by atoms with Crippen LogP contribution in [0.25, 0.3) is 0 Å². The van der Waals surface area contributed by atoms with Crippen molar-refractivity contribution in [3.05, 3.63) is 12.4 Å². The summed E-state index contributed by atoms with van der Waals surface area (Å²) in [5.41, 5.74) is 0. The standard InChI is InChI=1S/C13H23N3O/c1-11(2)17-13-9-15-16(10-13)8-7-14-12-5-3-4-6-12/h9-12,14H,3-8H2,1-2H3. The first-order valence-corrected chi connectivity index (χ1v) is 6.66. The van der Waals surface area contributed by atoms with Crippen LogP contribution >= 0.6 is 0 Å². The summed E-state index contributed by atoms with van der Waals surface area (Å²) in [4.78, 5) is 0. The van der Waals surface area contributed by atoms with E-state index in [4.69, 9.17) is 4.74 Å². The average Bonchev–Trinajstić information content (AvgIpc) is 2.89. The second kappa shape index (κ2) is 6.05. The number of hydrogen-bond acceptors (Lipinski definition) is 3. The van der Waals surface area contributed by atoms with Crippen molar-refractivity contribution < 1.29 is 4.74 Å². The van der Waals surface area contributed by atoms with Gasteiger partial charge < -0.3 is 10.1 Å². The van der Waals surface area contributed by atoms with Crippen molar-refractivity contribution in [3.8, 4) is 5.75 Å². The van der Waals surface area contributed by atoms with E-state index in [1.807, 2.05) is 24.7 Å². The van der Waals surface area contributed by atoms with Gasteiger partial charge in [0.05, 0.1) is 25.0 Å². The molecule has 0 unspecified atom stereocenters. The molecule has 1 fully saturated rings. The Labute approximate surface area is 103 Å². The van der Waals surface area contributed by atoms with Crippen LogP contribution in [0.3, 0.4) is 0 Å². The van der Waals surface area contributed by atoms with Gasteiger partial charge in [-0.25, -0.2) is 0 Å². The molecule has 4 nitrogen and oxygen atoms in total. The average molecular weight is 237 g/mol. The summed E-state index contributed by atoms with van der Waals surface area (Å²) in [6, 6.07) is 0.733. The van der Waals surface area contributed by atoms with E-state index in [1.54, 1.807) is 6.20 Å². The third-order valence-corrected chi connectivity index (χ3v) is 3.11. The Hall–Kier alpha value is -1.03. The van der Waals surface area contributed by atoms with Crippen molar-refractivity contribution in [3.63, 3.8) is 0 Å². The quantitative estimate of drug-likeness (QED) is 0.824. The summed E-state index contributed by atoms with van der Waals surface area (Å²) >= 11 is 0. The molecule has 4 heteroatoms. The second-order valence-corrected chi connectivity index (χ2v) is 5.04. The van der Waals surface area contributed by atoms with E-state index >= 15 is 0 Å². The molecule has 1 aromatic rings. The molecule has 17 heavy (non-hydrogen) atoms. The highest BCUT2D eigenvalue weighted by Crippen LogP contribution is 2.17. The van der Waals surface area contributed by atoms with Gasteiger partial charge in [0, 0.05) is 12.6 Å². The Morgan fingerprint density at radius 2 is 2.24 bits per heavy atom. The third kappa shape index (κ3) is 4.04. The molecule has 0 amide bonds. The molecular weight excluding hydrogens is 214 g/mol. The Bertz CT molecular complexity index is 329. The van der Waals surface area contributed by atoms with Gasteiger partial charge in [-0.3, -0.25) is 4.68 Å². The summed E-state index contributed by atoms with van der Waals surface area (Å²) < 4.78 is 7.51. The van der Waals surface area contributed by atoms with Crippen LogP contribution in [0.1, 0.15) is 39.5 Å². The fourth-order valence-electron chi connectivity index (χ4n) is 2.31. The Morgan fingerprint density at radius 1 is 1.47 bits per heavy atom. The predicted octanol–water partition coefficient (Wildman–Crippen LogP) is 2.20. The highest BCUT2D eigenvalue weighted by molar-refractivity contribution is 5.11. The fourth-order valence-corrected chi connectivity index (χ4v) is 2.31. The lowest BCUT2D eigenvalue weighted by Gasteiger charge is -2.11. The largest absolute Gasteiger partial charge is 0.488 e. The number of hydrogen-bond donors (Lipinski definition) is 1. The van der Waals surface area contributed by atoms with Crippen molar-refractivity contribution in [2.75, 3.05) is 6.54 Å². The lowest BCUT2D eigenvalue weighted by atomic mass is 10.2. The molecule has 1 heterocycles. The number of aromatic nitrogens is 2. The minimum absolute atomic E-state index is 0.212. The monoisotopic (exact) mass is 237 g/mol. The zero-order valence-corrected chi connectivity index (χ0v) is 10.9. The Morgan fingerprint density at radius 3 is 2.94 bits per heavy atom. The van der Waals surface area contributed by atoms with Gasteiger partial charge in [-0.2, -0.15) is 5.10 Å². The molecule has 0 radical (unpaired) electrons. The minimum atomic E-state index is 0.212. The molecule has 0 saturated heterocycles. The lowest BCUT2D eigenvalue weighted by molar-refractivity contribution is 0.242. The first-order chi connectivity index (χ1) is 8.24. The van der Waals surface area contributed by atoms with E-state index in [2.05, 4.69) is 10.4 Å². The zero-order chi connectivity index (χ0) is 12.1. The Balaban J connectivity index is 1.69. The van der Waals surface area contributed by atoms with E-state index in [9.17, 15) is 0 Å². The van der Waals surface area contributed by atoms with Crippen LogP contribution in [0.2, 0.25) is 0 Å². The van der Waals surface area contributed by atoms with Gasteiger partial charge in [0.1, 0.15) is 0 Å². The molecule has 1 aromatic heterocycles. The van der Waals surface area contributed by atoms with E-state index in [-0.39, 0.29) is 6.10 Å². The van der Waals surface area contributed by atoms with Crippen LogP contribution in [0.15, 0.2) is 12.4 Å². The van der Waals surface area contributed by atoms with Gasteiger partial charge in [0.15, 0.2) is 5.75 Å². The molecule has 1 saturated carbocycles. The molecule has 1 aliphatic rings. The minimum Gasteiger partial charge on any atom is -0.488 e. The first-order valence-electron chi connectivity index (χ1n) is 6.66. The summed E-state index contributed by atoms with van der Waals surface area (Å²) in [6.07, 6.45) is 9.40. The van der Waals surface area contributed by atoms with Gasteiger partial charge in [-0.1, -0.05) is 12.8 Å². The first kappa shape index (κ1) is 12.4. The number of ether oxygens (including phenoxy) is 1. The third-order valence-electron chi connectivity index (χ3n) is 3.11. The van der Waals surface area contributed by atoms with Crippen LogP contribution in [0.5, 0.6) is 5.75 Å². The second-order valence-electron chi connectivity index (χ2n) is 5.04. The number of nitrogens with zero attached hydrogens (tertiary/aromatic N) is 2. The van der Waals surface area contributed by atoms with Crippen molar-refractivity contribution in [2.24, 2.45) is 0 Å². The summed E-state index contributed by atoms with van der Waals surface area (Å²) in [5, 5.41) is 7.86. The zero-order valence-electron chi connectivity index (χ0n) is 10.9. The van der Waals surface area contributed by atoms with E-state index < -0.39 is 0 Å². The van der Waals surface area contributed by atoms with Crippen LogP contribution in [-0.2, 0) is 6.54 Å². The lowest BCUT2D eigenvalue weighted by Crippen LogP contribution is -2.29. The SMILES string of the molecule is CC(C)Oc1cnn(CCNC2CCCC2)c1. The van der Waals surface area contributed by atoms with Gasteiger partial charge >= 0.3 is 0 Å². The van der Waals surface area contributed by atoms with Crippen molar-refractivity contribution in [1.82, 2.24) is 15.1 Å². The molecule has 1 aliphatic carbocycles. The van der Waals surface area contributed by atoms with Crippen LogP contribution < -0.4 is 10.1 Å². The maximum Gasteiger partial charge on any atom is 0.157 e. The predicted molar refractivity (Wildman–Crippen MR) is 68.2 cm³/mol. The molecule has 1 N–H and O–H groups in total. The molecule has 96 valence electrons. The molecule has 0 bridgehead atoms. The summed E-state index contributed by atoms with van der Waals surface area (Å²) in [6.45, 7) is 5.96. The Kier molecular flexibility index (Phi) is 4.42. The maximum absolute atomic E-state index is 5.57. The maximum atomic E-state index is 5.57. The summed E-state index contributed by atoms with van der Waals surface area (Å²) in [5.74, 6) is 0.862. The highest BCUT2D eigenvalue weighted by Gasteiger charge is 2.13. The van der Waals surface area contributed by atoms with E-state index in [1.165, 1.54) is 25.7 Å². The van der Waals surface area contributed by atoms with E-state index in [0.717, 1.165) is 24.9 Å². The van der Waals surface area contributed by atoms with Crippen molar-refractivity contribution >= 4 is 0 Å². The fraction of sp³-hybridized carbons (Fsp3) is 0.769. The van der Waals surface area contributed by atoms with Crippen molar-refractivity contribution in [1.29, 1.82) is 0 Å². The summed E-state index contributed by atoms with van der Waals surface area (Å²) in [7, 11) is 0. The molecule has 0 atom stereocenters. The smallest absolute Gasteiger partial charge is 0.157 e. The molecule has 0 aliphatic heterocycles. The number of rotatable bonds is 6. The molecular formula is C13H23N3O. The van der Waals surface area contributed by atoms with Crippen LogP contribution in [0.4, 0.5) is 0 Å². The molecule has 0 aromatic carbocycles. The number of nitrogens with one attached hydrogen (secondary N) is 1. The van der Waals surface area contributed by atoms with Crippen LogP contribution in [-0.4, -0.2) is 28.5 Å². The van der Waals surface area contributed by atoms with Crippen molar-refractivity contribution in [2.45, 2.75) is 58.2 Å².